The number of para-hydroxylation sites is 2. The number of benzene rings is 2. The summed E-state index contributed by atoms with van der Waals surface area (Å²) in [6.45, 7) is 0. The van der Waals surface area contributed by atoms with E-state index in [0.29, 0.717) is 10.8 Å². The van der Waals surface area contributed by atoms with E-state index in [2.05, 4.69) is 25.3 Å². The van der Waals surface area contributed by atoms with Gasteiger partial charge in [0.25, 0.3) is 5.91 Å². The Morgan fingerprint density at radius 2 is 1.89 bits per heavy atom. The van der Waals surface area contributed by atoms with Gasteiger partial charge in [-0.25, -0.2) is 15.0 Å². The van der Waals surface area contributed by atoms with E-state index in [9.17, 15) is 4.79 Å². The van der Waals surface area contributed by atoms with Crippen molar-refractivity contribution >= 4 is 46.0 Å². The molecule has 0 spiro atoms. The quantitative estimate of drug-likeness (QED) is 0.388. The zero-order valence-electron chi connectivity index (χ0n) is 14.2. The van der Waals surface area contributed by atoms with E-state index in [1.807, 2.05) is 54.8 Å². The first-order valence-corrected chi connectivity index (χ1v) is 9.67. The Kier molecular flexibility index (Phi) is 4.79. The van der Waals surface area contributed by atoms with Crippen LogP contribution in [-0.4, -0.2) is 32.1 Å². The molecule has 2 aromatic heterocycles. The molecule has 2 aromatic carbocycles. The summed E-state index contributed by atoms with van der Waals surface area (Å²) in [6.07, 6.45) is 3.27. The summed E-state index contributed by atoms with van der Waals surface area (Å²) in [7, 11) is 0. The van der Waals surface area contributed by atoms with E-state index in [4.69, 9.17) is 11.6 Å². The first-order chi connectivity index (χ1) is 13.1. The number of nitrogens with one attached hydrogen (secondary N) is 2. The average molecular weight is 396 g/mol. The molecule has 0 atom stereocenters. The van der Waals surface area contributed by atoms with Gasteiger partial charge < -0.3 is 10.3 Å². The number of rotatable bonds is 4. The minimum atomic E-state index is -0.380. The molecule has 2 N–H and O–H groups in total. The Labute approximate surface area is 164 Å². The lowest BCUT2D eigenvalue weighted by molar-refractivity contribution is 0.102. The standard InChI is InChI=1S/C19H14ClN5OS/c1-27-19-21-10-13(20)16(25-19)18(26)22-12-8-6-11(7-9-12)17-23-14-4-2-3-5-15(14)24-17/h2-10H,1H3,(H,22,26)(H,23,24). The number of hydrogen-bond acceptors (Lipinski definition) is 5. The third-order valence-corrected chi connectivity index (χ3v) is 4.76. The van der Waals surface area contributed by atoms with Crippen molar-refractivity contribution < 1.29 is 4.79 Å². The van der Waals surface area contributed by atoms with Crippen LogP contribution < -0.4 is 5.32 Å². The highest BCUT2D eigenvalue weighted by Gasteiger charge is 2.14. The van der Waals surface area contributed by atoms with Gasteiger partial charge in [-0.15, -0.1) is 0 Å². The maximum atomic E-state index is 12.5. The van der Waals surface area contributed by atoms with Crippen molar-refractivity contribution in [3.63, 3.8) is 0 Å². The number of thioether (sulfide) groups is 1. The van der Waals surface area contributed by atoms with Crippen molar-refractivity contribution in [3.8, 4) is 11.4 Å². The van der Waals surface area contributed by atoms with Crippen LogP contribution in [0.3, 0.4) is 0 Å². The molecule has 1 amide bonds. The summed E-state index contributed by atoms with van der Waals surface area (Å²) in [5.41, 5.74) is 3.60. The number of nitrogens with zero attached hydrogens (tertiary/aromatic N) is 3. The largest absolute Gasteiger partial charge is 0.338 e. The number of carbonyl (C=O) groups is 1. The number of aromatic amines is 1. The van der Waals surface area contributed by atoms with Crippen molar-refractivity contribution in [2.75, 3.05) is 11.6 Å². The molecule has 0 aliphatic rings. The molecule has 0 fully saturated rings. The molecule has 134 valence electrons. The minimum Gasteiger partial charge on any atom is -0.338 e. The number of carbonyl (C=O) groups excluding carboxylic acids is 1. The van der Waals surface area contributed by atoms with Crippen LogP contribution in [0, 0.1) is 0 Å². The zero-order valence-corrected chi connectivity index (χ0v) is 15.8. The van der Waals surface area contributed by atoms with Crippen molar-refractivity contribution in [3.05, 3.63) is 65.4 Å². The smallest absolute Gasteiger partial charge is 0.275 e. The van der Waals surface area contributed by atoms with E-state index in [1.165, 1.54) is 18.0 Å². The Bertz CT molecular complexity index is 1090. The fraction of sp³-hybridized carbons (Fsp3) is 0.0526. The van der Waals surface area contributed by atoms with E-state index >= 15 is 0 Å². The highest BCUT2D eigenvalue weighted by atomic mass is 35.5. The summed E-state index contributed by atoms with van der Waals surface area (Å²) < 4.78 is 0. The summed E-state index contributed by atoms with van der Waals surface area (Å²) in [5.74, 6) is 0.395. The number of amides is 1. The lowest BCUT2D eigenvalue weighted by atomic mass is 10.2. The summed E-state index contributed by atoms with van der Waals surface area (Å²) in [4.78, 5) is 28.5. The highest BCUT2D eigenvalue weighted by molar-refractivity contribution is 7.98. The van der Waals surface area contributed by atoms with E-state index < -0.39 is 0 Å². The van der Waals surface area contributed by atoms with Gasteiger partial charge in [0, 0.05) is 11.3 Å². The topological polar surface area (TPSA) is 83.6 Å². The van der Waals surface area contributed by atoms with Crippen LogP contribution in [0.2, 0.25) is 5.02 Å². The zero-order chi connectivity index (χ0) is 18.8. The molecular weight excluding hydrogens is 382 g/mol. The maximum absolute atomic E-state index is 12.5. The van der Waals surface area contributed by atoms with Crippen LogP contribution in [0.25, 0.3) is 22.4 Å². The van der Waals surface area contributed by atoms with Crippen LogP contribution in [0.1, 0.15) is 10.5 Å². The normalized spacial score (nSPS) is 10.9. The third-order valence-electron chi connectivity index (χ3n) is 3.93. The second-order valence-corrected chi connectivity index (χ2v) is 6.87. The molecule has 4 rings (SSSR count). The molecule has 0 aliphatic heterocycles. The van der Waals surface area contributed by atoms with Gasteiger partial charge in [0.1, 0.15) is 5.82 Å². The Balaban J connectivity index is 1.55. The first-order valence-electron chi connectivity index (χ1n) is 8.07. The number of halogens is 1. The molecular formula is C19H14ClN5OS. The monoisotopic (exact) mass is 395 g/mol. The lowest BCUT2D eigenvalue weighted by Crippen LogP contribution is -2.15. The van der Waals surface area contributed by atoms with E-state index in [-0.39, 0.29) is 16.6 Å². The molecule has 0 radical (unpaired) electrons. The number of H-pyrrole nitrogens is 1. The molecule has 6 nitrogen and oxygen atoms in total. The van der Waals surface area contributed by atoms with Crippen molar-refractivity contribution in [2.24, 2.45) is 0 Å². The van der Waals surface area contributed by atoms with Crippen LogP contribution in [-0.2, 0) is 0 Å². The third kappa shape index (κ3) is 3.65. The summed E-state index contributed by atoms with van der Waals surface area (Å²) in [5, 5.41) is 3.50. The van der Waals surface area contributed by atoms with Crippen molar-refractivity contribution in [2.45, 2.75) is 5.16 Å². The number of hydrogen-bond donors (Lipinski definition) is 2. The minimum absolute atomic E-state index is 0.150. The second-order valence-electron chi connectivity index (χ2n) is 5.69. The molecule has 0 bridgehead atoms. The van der Waals surface area contributed by atoms with Gasteiger partial charge in [-0.05, 0) is 42.7 Å². The van der Waals surface area contributed by atoms with Gasteiger partial charge in [-0.1, -0.05) is 35.5 Å². The second kappa shape index (κ2) is 7.38. The molecule has 0 saturated carbocycles. The Morgan fingerprint density at radius 1 is 1.11 bits per heavy atom. The fourth-order valence-electron chi connectivity index (χ4n) is 2.60. The summed E-state index contributed by atoms with van der Waals surface area (Å²) >= 11 is 7.40. The van der Waals surface area contributed by atoms with Crippen LogP contribution in [0.4, 0.5) is 5.69 Å². The predicted octanol–water partition coefficient (Wildman–Crippen LogP) is 4.65. The molecule has 2 heterocycles. The van der Waals surface area contributed by atoms with Gasteiger partial charge in [0.2, 0.25) is 0 Å². The Morgan fingerprint density at radius 3 is 2.63 bits per heavy atom. The Hall–Kier alpha value is -2.90. The molecule has 8 heteroatoms. The molecule has 0 unspecified atom stereocenters. The van der Waals surface area contributed by atoms with Crippen molar-refractivity contribution in [1.82, 2.24) is 19.9 Å². The van der Waals surface area contributed by atoms with E-state index in [1.54, 1.807) is 0 Å². The molecule has 0 aliphatic carbocycles. The van der Waals surface area contributed by atoms with Crippen LogP contribution in [0.15, 0.2) is 59.9 Å². The van der Waals surface area contributed by atoms with Gasteiger partial charge in [0.05, 0.1) is 22.3 Å². The average Bonchev–Trinajstić information content (AvgIpc) is 3.13. The molecule has 27 heavy (non-hydrogen) atoms. The lowest BCUT2D eigenvalue weighted by Gasteiger charge is -2.07. The number of fused-ring (bicyclic) bond motifs is 1. The predicted molar refractivity (Wildman–Crippen MR) is 108 cm³/mol. The SMILES string of the molecule is CSc1ncc(Cl)c(C(=O)Nc2ccc(-c3nc4ccccc4[nH]3)cc2)n1. The number of aromatic nitrogens is 4. The van der Waals surface area contributed by atoms with Crippen molar-refractivity contribution in [1.29, 1.82) is 0 Å². The van der Waals surface area contributed by atoms with E-state index in [0.717, 1.165) is 22.4 Å². The molecule has 4 aromatic rings. The van der Waals surface area contributed by atoms with Gasteiger partial charge in [-0.2, -0.15) is 0 Å². The number of imidazole rings is 1. The number of anilines is 1. The van der Waals surface area contributed by atoms with Crippen LogP contribution in [0.5, 0.6) is 0 Å². The maximum Gasteiger partial charge on any atom is 0.275 e. The molecule has 0 saturated heterocycles. The van der Waals surface area contributed by atoms with Gasteiger partial charge in [-0.3, -0.25) is 4.79 Å². The van der Waals surface area contributed by atoms with Gasteiger partial charge in [0.15, 0.2) is 10.9 Å². The highest BCUT2D eigenvalue weighted by Crippen LogP contribution is 2.23. The summed E-state index contributed by atoms with van der Waals surface area (Å²) in [6, 6.07) is 15.3. The first kappa shape index (κ1) is 17.5. The fourth-order valence-corrected chi connectivity index (χ4v) is 3.12. The van der Waals surface area contributed by atoms with Gasteiger partial charge >= 0.3 is 0 Å². The van der Waals surface area contributed by atoms with Crippen LogP contribution >= 0.6 is 23.4 Å².